The van der Waals surface area contributed by atoms with Crippen LogP contribution < -0.4 is 4.90 Å². The molecule has 0 atom stereocenters. The lowest BCUT2D eigenvalue weighted by Crippen LogP contribution is -2.30. The highest BCUT2D eigenvalue weighted by Crippen LogP contribution is 2.35. The number of aromatic nitrogens is 2. The molecule has 2 amide bonds. The maximum atomic E-state index is 13.2. The van der Waals surface area contributed by atoms with Crippen LogP contribution in [0.3, 0.4) is 0 Å². The molecule has 6 nitrogen and oxygen atoms in total. The Kier molecular flexibility index (Phi) is 4.43. The molecule has 0 saturated heterocycles. The maximum absolute atomic E-state index is 13.2. The van der Waals surface area contributed by atoms with Gasteiger partial charge in [-0.15, -0.1) is 0 Å². The van der Waals surface area contributed by atoms with Gasteiger partial charge in [0, 0.05) is 11.1 Å². The third-order valence-electron chi connectivity index (χ3n) is 4.77. The van der Waals surface area contributed by atoms with Gasteiger partial charge in [0.15, 0.2) is 5.82 Å². The predicted molar refractivity (Wildman–Crippen MR) is 101 cm³/mol. The first-order valence-electron chi connectivity index (χ1n) is 8.76. The minimum absolute atomic E-state index is 0.0243. The number of fused-ring (bicyclic) bond motifs is 1. The van der Waals surface area contributed by atoms with Crippen LogP contribution in [0.15, 0.2) is 48.5 Å². The molecule has 2 heterocycles. The zero-order valence-corrected chi connectivity index (χ0v) is 15.3. The van der Waals surface area contributed by atoms with Gasteiger partial charge in [0.05, 0.1) is 28.5 Å². The summed E-state index contributed by atoms with van der Waals surface area (Å²) in [7, 11) is 0. The standard InChI is InChI=1S/C21H14F2N4O2/c1-12-18(14-8-6-13(10-24)7-9-14)26(11-17(22)23)25-19(12)27-20(28)15-4-2-3-5-16(15)21(27)29/h2-9,17H,11H2,1H3. The first kappa shape index (κ1) is 18.5. The Morgan fingerprint density at radius 2 is 1.62 bits per heavy atom. The fraction of sp³-hybridized carbons (Fsp3) is 0.143. The molecule has 3 aromatic rings. The van der Waals surface area contributed by atoms with E-state index in [1.165, 1.54) is 0 Å². The van der Waals surface area contributed by atoms with Gasteiger partial charge in [-0.05, 0) is 31.2 Å². The Morgan fingerprint density at radius 1 is 1.03 bits per heavy atom. The Balaban J connectivity index is 1.86. The quantitative estimate of drug-likeness (QED) is 0.633. The number of hydrogen-bond acceptors (Lipinski definition) is 4. The first-order valence-corrected chi connectivity index (χ1v) is 8.76. The van der Waals surface area contributed by atoms with Crippen LogP contribution in [0.5, 0.6) is 0 Å². The molecule has 0 N–H and O–H groups in total. The maximum Gasteiger partial charge on any atom is 0.267 e. The average Bonchev–Trinajstić information content (AvgIpc) is 3.15. The third-order valence-corrected chi connectivity index (χ3v) is 4.77. The number of carbonyl (C=O) groups excluding carboxylic acids is 2. The van der Waals surface area contributed by atoms with Crippen molar-refractivity contribution in [2.45, 2.75) is 19.9 Å². The number of imide groups is 1. The summed E-state index contributed by atoms with van der Waals surface area (Å²) >= 11 is 0. The van der Waals surface area contributed by atoms with Crippen LogP contribution in [0.4, 0.5) is 14.6 Å². The van der Waals surface area contributed by atoms with Crippen molar-refractivity contribution >= 4 is 17.6 Å². The normalized spacial score (nSPS) is 13.1. The van der Waals surface area contributed by atoms with Gasteiger partial charge in [-0.25, -0.2) is 13.7 Å². The Labute approximate surface area is 164 Å². The Hall–Kier alpha value is -3.86. The number of nitriles is 1. The Morgan fingerprint density at radius 3 is 2.14 bits per heavy atom. The lowest BCUT2D eigenvalue weighted by molar-refractivity contribution is 0.0924. The van der Waals surface area contributed by atoms with Gasteiger partial charge in [0.1, 0.15) is 6.54 Å². The molecular weight excluding hydrogens is 378 g/mol. The van der Waals surface area contributed by atoms with Gasteiger partial charge >= 0.3 is 0 Å². The van der Waals surface area contributed by atoms with E-state index in [2.05, 4.69) is 5.10 Å². The minimum Gasteiger partial charge on any atom is -0.268 e. The first-order chi connectivity index (χ1) is 13.9. The minimum atomic E-state index is -2.68. The van der Waals surface area contributed by atoms with Crippen molar-refractivity contribution in [2.24, 2.45) is 0 Å². The van der Waals surface area contributed by atoms with Crippen LogP contribution in [0, 0.1) is 18.3 Å². The fourth-order valence-corrected chi connectivity index (χ4v) is 3.46. The SMILES string of the molecule is Cc1c(N2C(=O)c3ccccc3C2=O)nn(CC(F)F)c1-c1ccc(C#N)cc1. The second kappa shape index (κ2) is 6.95. The number of anilines is 1. The Bertz CT molecular complexity index is 1140. The zero-order chi connectivity index (χ0) is 20.7. The van der Waals surface area contributed by atoms with Crippen molar-refractivity contribution in [2.75, 3.05) is 4.90 Å². The van der Waals surface area contributed by atoms with Crippen LogP contribution in [0.25, 0.3) is 11.3 Å². The lowest BCUT2D eigenvalue weighted by Gasteiger charge is -2.11. The largest absolute Gasteiger partial charge is 0.268 e. The molecule has 0 unspecified atom stereocenters. The van der Waals surface area contributed by atoms with E-state index in [4.69, 9.17) is 5.26 Å². The number of carbonyl (C=O) groups is 2. The van der Waals surface area contributed by atoms with Crippen molar-refractivity contribution in [1.29, 1.82) is 5.26 Å². The number of alkyl halides is 2. The van der Waals surface area contributed by atoms with Gasteiger partial charge in [0.25, 0.3) is 18.2 Å². The zero-order valence-electron chi connectivity index (χ0n) is 15.3. The van der Waals surface area contributed by atoms with E-state index < -0.39 is 24.8 Å². The monoisotopic (exact) mass is 392 g/mol. The van der Waals surface area contributed by atoms with Gasteiger partial charge in [-0.3, -0.25) is 14.3 Å². The average molecular weight is 392 g/mol. The summed E-state index contributed by atoms with van der Waals surface area (Å²) < 4.78 is 27.4. The van der Waals surface area contributed by atoms with Crippen LogP contribution in [0.2, 0.25) is 0 Å². The molecule has 1 aromatic heterocycles. The summed E-state index contributed by atoms with van der Waals surface area (Å²) in [6.07, 6.45) is -2.68. The number of rotatable bonds is 4. The molecule has 1 aliphatic heterocycles. The van der Waals surface area contributed by atoms with Gasteiger partial charge in [-0.1, -0.05) is 24.3 Å². The molecular formula is C21H14F2N4O2. The van der Waals surface area contributed by atoms with E-state index in [0.29, 0.717) is 22.4 Å². The van der Waals surface area contributed by atoms with Crippen molar-refractivity contribution in [3.8, 4) is 17.3 Å². The molecule has 0 spiro atoms. The highest BCUT2D eigenvalue weighted by atomic mass is 19.3. The number of amides is 2. The van der Waals surface area contributed by atoms with Crippen molar-refractivity contribution in [3.63, 3.8) is 0 Å². The second-order valence-electron chi connectivity index (χ2n) is 6.55. The molecule has 0 fully saturated rings. The van der Waals surface area contributed by atoms with Crippen molar-refractivity contribution in [3.05, 3.63) is 70.8 Å². The van der Waals surface area contributed by atoms with Crippen LogP contribution >= 0.6 is 0 Å². The second-order valence-corrected chi connectivity index (χ2v) is 6.55. The van der Waals surface area contributed by atoms with E-state index in [0.717, 1.165) is 9.58 Å². The molecule has 0 saturated carbocycles. The van der Waals surface area contributed by atoms with Crippen LogP contribution in [0.1, 0.15) is 31.8 Å². The number of hydrogen-bond donors (Lipinski definition) is 0. The third kappa shape index (κ3) is 2.97. The van der Waals surface area contributed by atoms with Gasteiger partial charge < -0.3 is 0 Å². The summed E-state index contributed by atoms with van der Waals surface area (Å²) in [4.78, 5) is 26.5. The van der Waals surface area contributed by atoms with Crippen LogP contribution in [-0.4, -0.2) is 28.0 Å². The number of nitrogens with zero attached hydrogens (tertiary/aromatic N) is 4. The summed E-state index contributed by atoms with van der Waals surface area (Å²) in [6.45, 7) is 0.931. The molecule has 29 heavy (non-hydrogen) atoms. The van der Waals surface area contributed by atoms with Gasteiger partial charge in [-0.2, -0.15) is 10.4 Å². The molecule has 144 valence electrons. The molecule has 4 rings (SSSR count). The molecule has 0 bridgehead atoms. The van der Waals surface area contributed by atoms with E-state index in [1.807, 2.05) is 6.07 Å². The molecule has 0 aliphatic carbocycles. The number of benzene rings is 2. The lowest BCUT2D eigenvalue weighted by atomic mass is 10.1. The van der Waals surface area contributed by atoms with E-state index in [-0.39, 0.29) is 16.9 Å². The molecule has 0 radical (unpaired) electrons. The van der Waals surface area contributed by atoms with Gasteiger partial charge in [0.2, 0.25) is 0 Å². The number of halogens is 2. The predicted octanol–water partition coefficient (Wildman–Crippen LogP) is 3.80. The van der Waals surface area contributed by atoms with E-state index >= 15 is 0 Å². The highest BCUT2D eigenvalue weighted by molar-refractivity contribution is 6.34. The summed E-state index contributed by atoms with van der Waals surface area (Å²) in [6, 6.07) is 14.8. The molecule has 1 aliphatic rings. The van der Waals surface area contributed by atoms with E-state index in [9.17, 15) is 18.4 Å². The summed E-state index contributed by atoms with van der Waals surface area (Å²) in [5.41, 5.74) is 2.26. The topological polar surface area (TPSA) is 79.0 Å². The summed E-state index contributed by atoms with van der Waals surface area (Å²) in [5, 5.41) is 13.2. The van der Waals surface area contributed by atoms with Crippen LogP contribution in [-0.2, 0) is 6.54 Å². The summed E-state index contributed by atoms with van der Waals surface area (Å²) in [5.74, 6) is -1.06. The van der Waals surface area contributed by atoms with Crippen molar-refractivity contribution in [1.82, 2.24) is 9.78 Å². The fourth-order valence-electron chi connectivity index (χ4n) is 3.46. The molecule has 2 aromatic carbocycles. The smallest absolute Gasteiger partial charge is 0.267 e. The highest BCUT2D eigenvalue weighted by Gasteiger charge is 2.39. The van der Waals surface area contributed by atoms with E-state index in [1.54, 1.807) is 55.5 Å². The van der Waals surface area contributed by atoms with Crippen molar-refractivity contribution < 1.29 is 18.4 Å². The molecule has 8 heteroatoms.